The summed E-state index contributed by atoms with van der Waals surface area (Å²) in [4.78, 5) is 17.3. The van der Waals surface area contributed by atoms with E-state index in [0.717, 1.165) is 16.9 Å². The molecule has 1 aliphatic rings. The molecule has 0 saturated carbocycles. The number of nitrogens with zero attached hydrogens (tertiary/aromatic N) is 3. The molecule has 3 rings (SSSR count). The number of rotatable bonds is 1. The highest BCUT2D eigenvalue weighted by Gasteiger charge is 2.22. The van der Waals surface area contributed by atoms with Gasteiger partial charge in [-0.25, -0.2) is 4.98 Å². The molecule has 2 N–H and O–H groups in total. The quantitative estimate of drug-likeness (QED) is 0.829. The normalized spacial score (nSPS) is 14.2. The minimum absolute atomic E-state index is 0.0610. The Morgan fingerprint density at radius 1 is 1.37 bits per heavy atom. The van der Waals surface area contributed by atoms with E-state index in [1.807, 2.05) is 25.2 Å². The Hall–Kier alpha value is -2.50. The highest BCUT2D eigenvalue weighted by molar-refractivity contribution is 5.98. The van der Waals surface area contributed by atoms with Gasteiger partial charge in [0, 0.05) is 19.7 Å². The van der Waals surface area contributed by atoms with E-state index in [9.17, 15) is 4.79 Å². The number of ether oxygens (including phenoxy) is 1. The maximum Gasteiger partial charge on any atom is 0.264 e. The number of hydrogen-bond donors (Lipinski definition) is 1. The molecule has 19 heavy (non-hydrogen) atoms. The smallest absolute Gasteiger partial charge is 0.264 e. The third-order valence-electron chi connectivity index (χ3n) is 3.37. The van der Waals surface area contributed by atoms with Gasteiger partial charge in [0.05, 0.1) is 17.6 Å². The number of aromatic nitrogens is 2. The highest BCUT2D eigenvalue weighted by atomic mass is 16.5. The van der Waals surface area contributed by atoms with Gasteiger partial charge in [-0.15, -0.1) is 0 Å². The van der Waals surface area contributed by atoms with Crippen LogP contribution < -0.4 is 15.4 Å². The lowest BCUT2D eigenvalue weighted by atomic mass is 10.1. The van der Waals surface area contributed by atoms with Crippen molar-refractivity contribution in [1.29, 1.82) is 0 Å². The van der Waals surface area contributed by atoms with Crippen LogP contribution in [-0.2, 0) is 11.8 Å². The van der Waals surface area contributed by atoms with Crippen LogP contribution in [0.5, 0.6) is 5.75 Å². The average molecular weight is 258 g/mol. The number of nitrogen functional groups attached to an aromatic ring is 1. The van der Waals surface area contributed by atoms with Crippen molar-refractivity contribution in [2.45, 2.75) is 0 Å². The Kier molecular flexibility index (Phi) is 2.45. The lowest BCUT2D eigenvalue weighted by Crippen LogP contribution is -2.35. The first-order valence-corrected chi connectivity index (χ1v) is 5.89. The zero-order valence-electron chi connectivity index (χ0n) is 10.8. The Bertz CT molecular complexity index is 663. The minimum atomic E-state index is -0.0610. The summed E-state index contributed by atoms with van der Waals surface area (Å²) in [5.41, 5.74) is 8.32. The molecule has 6 nitrogen and oxygen atoms in total. The third-order valence-corrected chi connectivity index (χ3v) is 3.37. The Morgan fingerprint density at radius 3 is 2.84 bits per heavy atom. The molecule has 2 heterocycles. The van der Waals surface area contributed by atoms with E-state index in [0.29, 0.717) is 11.7 Å². The molecule has 0 atom stereocenters. The summed E-state index contributed by atoms with van der Waals surface area (Å²) in [6.45, 7) is 0.0848. The number of hydrogen-bond acceptors (Lipinski definition) is 4. The van der Waals surface area contributed by atoms with E-state index >= 15 is 0 Å². The third kappa shape index (κ3) is 1.72. The zero-order chi connectivity index (χ0) is 13.6. The van der Waals surface area contributed by atoms with Crippen molar-refractivity contribution in [2.75, 3.05) is 24.3 Å². The molecule has 6 heteroatoms. The van der Waals surface area contributed by atoms with E-state index in [1.165, 1.54) is 0 Å². The van der Waals surface area contributed by atoms with E-state index in [1.54, 1.807) is 22.7 Å². The zero-order valence-corrected chi connectivity index (χ0v) is 10.8. The van der Waals surface area contributed by atoms with Gasteiger partial charge in [-0.1, -0.05) is 0 Å². The van der Waals surface area contributed by atoms with Crippen LogP contribution in [-0.4, -0.2) is 29.1 Å². The maximum absolute atomic E-state index is 11.6. The largest absolute Gasteiger partial charge is 0.482 e. The Morgan fingerprint density at radius 2 is 2.16 bits per heavy atom. The second-order valence-electron chi connectivity index (χ2n) is 4.48. The lowest BCUT2D eigenvalue weighted by molar-refractivity contribution is -0.120. The number of anilines is 2. The average Bonchev–Trinajstić information content (AvgIpc) is 2.74. The van der Waals surface area contributed by atoms with E-state index in [2.05, 4.69) is 4.98 Å². The molecule has 0 bridgehead atoms. The number of fused-ring (bicyclic) bond motifs is 1. The van der Waals surface area contributed by atoms with Crippen LogP contribution >= 0.6 is 0 Å². The van der Waals surface area contributed by atoms with Gasteiger partial charge in [0.25, 0.3) is 5.91 Å². The van der Waals surface area contributed by atoms with Gasteiger partial charge in [-0.05, 0) is 18.2 Å². The van der Waals surface area contributed by atoms with Crippen LogP contribution in [0.2, 0.25) is 0 Å². The van der Waals surface area contributed by atoms with Crippen molar-refractivity contribution >= 4 is 17.5 Å². The molecule has 0 aliphatic carbocycles. The molecule has 0 spiro atoms. The summed E-state index contributed by atoms with van der Waals surface area (Å²) < 4.78 is 7.19. The molecule has 0 radical (unpaired) electrons. The summed E-state index contributed by atoms with van der Waals surface area (Å²) in [7, 11) is 3.59. The fraction of sp³-hybridized carbons (Fsp3) is 0.231. The van der Waals surface area contributed by atoms with Crippen molar-refractivity contribution < 1.29 is 9.53 Å². The van der Waals surface area contributed by atoms with Crippen LogP contribution in [0.25, 0.3) is 11.3 Å². The van der Waals surface area contributed by atoms with Gasteiger partial charge < -0.3 is 19.9 Å². The van der Waals surface area contributed by atoms with Gasteiger partial charge >= 0.3 is 0 Å². The van der Waals surface area contributed by atoms with Crippen LogP contribution in [0.4, 0.5) is 11.6 Å². The first-order chi connectivity index (χ1) is 9.08. The summed E-state index contributed by atoms with van der Waals surface area (Å²) in [6, 6.07) is 5.69. The predicted molar refractivity (Wildman–Crippen MR) is 72.0 cm³/mol. The summed E-state index contributed by atoms with van der Waals surface area (Å²) >= 11 is 0. The van der Waals surface area contributed by atoms with Crippen molar-refractivity contribution in [3.8, 4) is 17.0 Å². The van der Waals surface area contributed by atoms with Crippen molar-refractivity contribution in [1.82, 2.24) is 9.55 Å². The molecule has 0 fully saturated rings. The number of likely N-dealkylation sites (N-methyl/N-ethyl adjacent to an activating group) is 1. The van der Waals surface area contributed by atoms with Gasteiger partial charge in [-0.2, -0.15) is 0 Å². The summed E-state index contributed by atoms with van der Waals surface area (Å²) in [6.07, 6.45) is 1.71. The minimum Gasteiger partial charge on any atom is -0.482 e. The van der Waals surface area contributed by atoms with Gasteiger partial charge in [0.15, 0.2) is 12.6 Å². The summed E-state index contributed by atoms with van der Waals surface area (Å²) in [5, 5.41) is 0. The molecule has 2 aromatic rings. The van der Waals surface area contributed by atoms with Gasteiger partial charge in [-0.3, -0.25) is 4.79 Å². The molecular formula is C13H14N4O2. The van der Waals surface area contributed by atoms with Gasteiger partial charge in [0.2, 0.25) is 0 Å². The number of nitrogens with two attached hydrogens (primary N) is 1. The van der Waals surface area contributed by atoms with E-state index in [-0.39, 0.29) is 12.5 Å². The first-order valence-electron chi connectivity index (χ1n) is 5.89. The van der Waals surface area contributed by atoms with E-state index in [4.69, 9.17) is 10.5 Å². The number of imidazole rings is 1. The molecule has 1 aliphatic heterocycles. The number of amides is 1. The van der Waals surface area contributed by atoms with Crippen LogP contribution in [0, 0.1) is 0 Å². The molecule has 1 aromatic carbocycles. The molecule has 1 aromatic heterocycles. The fourth-order valence-corrected chi connectivity index (χ4v) is 2.12. The molecule has 0 unspecified atom stereocenters. The van der Waals surface area contributed by atoms with Crippen molar-refractivity contribution in [2.24, 2.45) is 7.05 Å². The van der Waals surface area contributed by atoms with Crippen LogP contribution in [0.3, 0.4) is 0 Å². The Balaban J connectivity index is 2.11. The van der Waals surface area contributed by atoms with Crippen LogP contribution in [0.1, 0.15) is 0 Å². The molecule has 98 valence electrons. The number of benzene rings is 1. The van der Waals surface area contributed by atoms with Gasteiger partial charge in [0.1, 0.15) is 5.75 Å². The monoisotopic (exact) mass is 258 g/mol. The standard InChI is InChI=1S/C13H14N4O2/c1-16-9-5-8(10-6-15-13(14)17(10)2)3-4-11(9)19-7-12(16)18/h3-6H,7H2,1-2H3,(H2,14,15). The maximum atomic E-state index is 11.6. The van der Waals surface area contributed by atoms with Crippen LogP contribution in [0.15, 0.2) is 24.4 Å². The topological polar surface area (TPSA) is 73.4 Å². The lowest BCUT2D eigenvalue weighted by Gasteiger charge is -2.26. The predicted octanol–water partition coefficient (Wildman–Crippen LogP) is 1.02. The van der Waals surface area contributed by atoms with Crippen molar-refractivity contribution in [3.63, 3.8) is 0 Å². The molecule has 0 saturated heterocycles. The number of carbonyl (C=O) groups excluding carboxylic acids is 1. The SMILES string of the molecule is CN1C(=O)COc2ccc(-c3cnc(N)n3C)cc21. The highest BCUT2D eigenvalue weighted by Crippen LogP contribution is 2.35. The number of carbonyl (C=O) groups is 1. The van der Waals surface area contributed by atoms with Crippen molar-refractivity contribution in [3.05, 3.63) is 24.4 Å². The summed E-state index contributed by atoms with van der Waals surface area (Å²) in [5.74, 6) is 1.10. The molecule has 1 amide bonds. The fourth-order valence-electron chi connectivity index (χ4n) is 2.12. The second-order valence-corrected chi connectivity index (χ2v) is 4.48. The Labute approximate surface area is 110 Å². The van der Waals surface area contributed by atoms with E-state index < -0.39 is 0 Å². The molecular weight excluding hydrogens is 244 g/mol. The first kappa shape index (κ1) is 11.6. The second kappa shape index (κ2) is 4.01.